The highest BCUT2D eigenvalue weighted by molar-refractivity contribution is 7.89. The van der Waals surface area contributed by atoms with Crippen LogP contribution in [0.4, 0.5) is 10.5 Å². The summed E-state index contributed by atoms with van der Waals surface area (Å²) < 4.78 is 26.6. The normalized spacial score (nSPS) is 16.6. The molecule has 8 nitrogen and oxygen atoms in total. The minimum atomic E-state index is -3.61. The molecule has 3 rings (SSSR count). The summed E-state index contributed by atoms with van der Waals surface area (Å²) >= 11 is 0. The number of imidazole rings is 1. The number of aromatic amines is 1. The molecular weight excluding hydrogens is 378 g/mol. The third kappa shape index (κ3) is 4.53. The van der Waals surface area contributed by atoms with Crippen molar-refractivity contribution in [3.8, 4) is 0 Å². The molecule has 0 bridgehead atoms. The fourth-order valence-electron chi connectivity index (χ4n) is 3.12. The molecule has 0 spiro atoms. The van der Waals surface area contributed by atoms with Crippen molar-refractivity contribution in [2.75, 3.05) is 31.5 Å². The molecule has 1 aliphatic rings. The Labute approximate surface area is 166 Å². The molecule has 1 aromatic heterocycles. The number of urea groups is 1. The highest BCUT2D eigenvalue weighted by Crippen LogP contribution is 2.23. The van der Waals surface area contributed by atoms with Crippen LogP contribution in [-0.2, 0) is 15.4 Å². The molecule has 0 saturated carbocycles. The zero-order valence-corrected chi connectivity index (χ0v) is 17.3. The predicted octanol–water partition coefficient (Wildman–Crippen LogP) is 2.64. The average molecular weight is 406 g/mol. The second kappa shape index (κ2) is 7.92. The Hall–Kier alpha value is -2.39. The Morgan fingerprint density at radius 3 is 2.43 bits per heavy atom. The van der Waals surface area contributed by atoms with Crippen molar-refractivity contribution in [3.05, 3.63) is 42.4 Å². The van der Waals surface area contributed by atoms with E-state index >= 15 is 0 Å². The van der Waals surface area contributed by atoms with E-state index in [2.05, 4.69) is 36.1 Å². The lowest BCUT2D eigenvalue weighted by Gasteiger charge is -2.22. The van der Waals surface area contributed by atoms with Gasteiger partial charge in [-0.1, -0.05) is 32.9 Å². The van der Waals surface area contributed by atoms with E-state index in [1.165, 1.54) is 22.4 Å². The maximum atomic E-state index is 12.6. The zero-order valence-electron chi connectivity index (χ0n) is 16.5. The highest BCUT2D eigenvalue weighted by atomic mass is 32.2. The first-order chi connectivity index (χ1) is 13.2. The van der Waals surface area contributed by atoms with Gasteiger partial charge in [0.1, 0.15) is 0 Å². The zero-order chi connectivity index (χ0) is 20.4. The quantitative estimate of drug-likeness (QED) is 0.820. The van der Waals surface area contributed by atoms with Gasteiger partial charge < -0.3 is 15.2 Å². The number of sulfonamides is 1. The van der Waals surface area contributed by atoms with Gasteiger partial charge in [0.25, 0.3) is 10.0 Å². The number of anilines is 1. The van der Waals surface area contributed by atoms with E-state index in [4.69, 9.17) is 0 Å². The van der Waals surface area contributed by atoms with Crippen LogP contribution in [0, 0.1) is 0 Å². The van der Waals surface area contributed by atoms with Crippen molar-refractivity contribution in [1.82, 2.24) is 19.2 Å². The lowest BCUT2D eigenvalue weighted by Crippen LogP contribution is -2.39. The molecule has 9 heteroatoms. The first kappa shape index (κ1) is 20.3. The highest BCUT2D eigenvalue weighted by Gasteiger charge is 2.29. The fourth-order valence-corrected chi connectivity index (χ4v) is 4.48. The SMILES string of the molecule is CC(C)(C)c1ccc(NC(=O)N2CCCN(S(=O)(=O)c3cnc[nH]3)CC2)cc1. The van der Waals surface area contributed by atoms with E-state index in [0.717, 1.165) is 5.69 Å². The van der Waals surface area contributed by atoms with Crippen LogP contribution in [-0.4, -0.2) is 59.8 Å². The number of carbonyl (C=O) groups excluding carboxylic acids is 1. The molecular formula is C19H27N5O3S. The van der Waals surface area contributed by atoms with E-state index in [1.807, 2.05) is 24.3 Å². The van der Waals surface area contributed by atoms with Crippen molar-refractivity contribution >= 4 is 21.7 Å². The maximum Gasteiger partial charge on any atom is 0.321 e. The number of carbonyl (C=O) groups is 1. The number of nitrogens with one attached hydrogen (secondary N) is 2. The van der Waals surface area contributed by atoms with Gasteiger partial charge in [-0.25, -0.2) is 18.2 Å². The molecule has 2 amide bonds. The monoisotopic (exact) mass is 405 g/mol. The van der Waals surface area contributed by atoms with Gasteiger partial charge >= 0.3 is 6.03 Å². The predicted molar refractivity (Wildman–Crippen MR) is 108 cm³/mol. The van der Waals surface area contributed by atoms with E-state index in [0.29, 0.717) is 26.1 Å². The number of benzene rings is 1. The molecule has 0 unspecified atom stereocenters. The van der Waals surface area contributed by atoms with Gasteiger partial charge in [-0.2, -0.15) is 4.31 Å². The summed E-state index contributed by atoms with van der Waals surface area (Å²) in [4.78, 5) is 20.7. The first-order valence-corrected chi connectivity index (χ1v) is 10.8. The molecule has 28 heavy (non-hydrogen) atoms. The maximum absolute atomic E-state index is 12.6. The van der Waals surface area contributed by atoms with Crippen LogP contribution < -0.4 is 5.32 Å². The van der Waals surface area contributed by atoms with Crippen LogP contribution in [0.5, 0.6) is 0 Å². The molecule has 2 heterocycles. The van der Waals surface area contributed by atoms with Crippen LogP contribution in [0.1, 0.15) is 32.8 Å². The van der Waals surface area contributed by atoms with Crippen molar-refractivity contribution in [1.29, 1.82) is 0 Å². The van der Waals surface area contributed by atoms with Crippen LogP contribution >= 0.6 is 0 Å². The van der Waals surface area contributed by atoms with Gasteiger partial charge in [0.2, 0.25) is 0 Å². The fraction of sp³-hybridized carbons (Fsp3) is 0.474. The molecule has 1 fully saturated rings. The Morgan fingerprint density at radius 1 is 1.11 bits per heavy atom. The summed E-state index contributed by atoms with van der Waals surface area (Å²) in [6.45, 7) is 7.87. The summed E-state index contributed by atoms with van der Waals surface area (Å²) in [5, 5.41) is 2.98. The van der Waals surface area contributed by atoms with Gasteiger partial charge in [-0.15, -0.1) is 0 Å². The van der Waals surface area contributed by atoms with Crippen molar-refractivity contribution < 1.29 is 13.2 Å². The standard InChI is InChI=1S/C19H27N5O3S/c1-19(2,3)15-5-7-16(8-6-15)22-18(25)23-9-4-10-24(12-11-23)28(26,27)17-13-20-14-21-17/h5-8,13-14H,4,9-12H2,1-3H3,(H,20,21)(H,22,25). The van der Waals surface area contributed by atoms with E-state index < -0.39 is 10.0 Å². The Morgan fingerprint density at radius 2 is 1.82 bits per heavy atom. The van der Waals surface area contributed by atoms with Gasteiger partial charge in [-0.3, -0.25) is 0 Å². The summed E-state index contributed by atoms with van der Waals surface area (Å²) in [5.74, 6) is 0. The van der Waals surface area contributed by atoms with Gasteiger partial charge in [-0.05, 0) is 29.5 Å². The number of H-pyrrole nitrogens is 1. The summed E-state index contributed by atoms with van der Waals surface area (Å²) in [5.41, 5.74) is 1.97. The number of hydrogen-bond acceptors (Lipinski definition) is 4. The van der Waals surface area contributed by atoms with Crippen LogP contribution in [0.2, 0.25) is 0 Å². The molecule has 1 aromatic carbocycles. The smallest absolute Gasteiger partial charge is 0.321 e. The van der Waals surface area contributed by atoms with Gasteiger partial charge in [0.15, 0.2) is 5.03 Å². The van der Waals surface area contributed by atoms with E-state index in [1.54, 1.807) is 4.90 Å². The van der Waals surface area contributed by atoms with E-state index in [9.17, 15) is 13.2 Å². The molecule has 2 aromatic rings. The molecule has 2 N–H and O–H groups in total. The third-order valence-corrected chi connectivity index (χ3v) is 6.66. The molecule has 0 aliphatic carbocycles. The second-order valence-corrected chi connectivity index (χ2v) is 9.82. The number of nitrogens with zero attached hydrogens (tertiary/aromatic N) is 3. The van der Waals surface area contributed by atoms with Crippen LogP contribution in [0.25, 0.3) is 0 Å². The number of hydrogen-bond donors (Lipinski definition) is 2. The average Bonchev–Trinajstić information content (AvgIpc) is 3.06. The minimum absolute atomic E-state index is 0.0525. The Bertz CT molecular complexity index is 902. The minimum Gasteiger partial charge on any atom is -0.335 e. The molecule has 1 aliphatic heterocycles. The molecule has 0 atom stereocenters. The third-order valence-electron chi connectivity index (χ3n) is 4.84. The number of amides is 2. The molecule has 0 radical (unpaired) electrons. The van der Waals surface area contributed by atoms with Crippen molar-refractivity contribution in [2.24, 2.45) is 0 Å². The topological polar surface area (TPSA) is 98.4 Å². The molecule has 1 saturated heterocycles. The number of aromatic nitrogens is 2. The summed E-state index contributed by atoms with van der Waals surface area (Å²) in [6, 6.07) is 7.59. The summed E-state index contributed by atoms with van der Waals surface area (Å²) in [6.07, 6.45) is 3.21. The lowest BCUT2D eigenvalue weighted by atomic mass is 9.87. The summed E-state index contributed by atoms with van der Waals surface area (Å²) in [7, 11) is -3.61. The van der Waals surface area contributed by atoms with Gasteiger partial charge in [0, 0.05) is 31.9 Å². The number of rotatable bonds is 3. The second-order valence-electron chi connectivity index (χ2n) is 7.92. The lowest BCUT2D eigenvalue weighted by molar-refractivity contribution is 0.214. The first-order valence-electron chi connectivity index (χ1n) is 9.33. The largest absolute Gasteiger partial charge is 0.335 e. The van der Waals surface area contributed by atoms with E-state index in [-0.39, 0.29) is 23.0 Å². The Kier molecular flexibility index (Phi) is 5.76. The van der Waals surface area contributed by atoms with Gasteiger partial charge in [0.05, 0.1) is 12.5 Å². The molecule has 152 valence electrons. The van der Waals surface area contributed by atoms with Crippen LogP contribution in [0.3, 0.4) is 0 Å². The van der Waals surface area contributed by atoms with Crippen molar-refractivity contribution in [3.63, 3.8) is 0 Å². The van der Waals surface area contributed by atoms with Crippen molar-refractivity contribution in [2.45, 2.75) is 37.6 Å². The van der Waals surface area contributed by atoms with Crippen LogP contribution in [0.15, 0.2) is 41.8 Å². The Balaban J connectivity index is 1.61.